The molecule has 1 aliphatic rings. The van der Waals surface area contributed by atoms with Gasteiger partial charge in [-0.3, -0.25) is 4.79 Å². The van der Waals surface area contributed by atoms with Gasteiger partial charge in [0.2, 0.25) is 0 Å². The van der Waals surface area contributed by atoms with Gasteiger partial charge >= 0.3 is 0 Å². The van der Waals surface area contributed by atoms with Gasteiger partial charge in [-0.1, -0.05) is 17.7 Å². The van der Waals surface area contributed by atoms with Gasteiger partial charge in [-0.15, -0.1) is 0 Å². The SMILES string of the molecule is Cc1ccc(C(=O)N2CCCC(N)C2(C)C)cc1. The molecule has 0 bridgehead atoms. The third-order valence-corrected chi connectivity index (χ3v) is 4.04. The Labute approximate surface area is 109 Å². The number of hydrogen-bond acceptors (Lipinski definition) is 2. The van der Waals surface area contributed by atoms with Gasteiger partial charge in [-0.25, -0.2) is 0 Å². The van der Waals surface area contributed by atoms with Crippen LogP contribution in [0, 0.1) is 6.92 Å². The summed E-state index contributed by atoms with van der Waals surface area (Å²) in [4.78, 5) is 14.5. The molecular weight excluding hydrogens is 224 g/mol. The Balaban J connectivity index is 2.25. The average molecular weight is 246 g/mol. The van der Waals surface area contributed by atoms with E-state index in [4.69, 9.17) is 5.73 Å². The number of hydrogen-bond donors (Lipinski definition) is 1. The summed E-state index contributed by atoms with van der Waals surface area (Å²) in [5, 5.41) is 0. The van der Waals surface area contributed by atoms with Crippen LogP contribution in [-0.4, -0.2) is 28.9 Å². The second-order valence-electron chi connectivity index (χ2n) is 5.73. The van der Waals surface area contributed by atoms with E-state index in [0.29, 0.717) is 0 Å². The zero-order valence-electron chi connectivity index (χ0n) is 11.4. The highest BCUT2D eigenvalue weighted by molar-refractivity contribution is 5.94. The van der Waals surface area contributed by atoms with Crippen LogP contribution in [0.25, 0.3) is 0 Å². The minimum atomic E-state index is -0.264. The lowest BCUT2D eigenvalue weighted by molar-refractivity contribution is 0.0362. The van der Waals surface area contributed by atoms with E-state index in [-0.39, 0.29) is 17.5 Å². The molecule has 3 heteroatoms. The fourth-order valence-electron chi connectivity index (χ4n) is 2.53. The summed E-state index contributed by atoms with van der Waals surface area (Å²) in [6.07, 6.45) is 1.98. The molecule has 0 radical (unpaired) electrons. The minimum absolute atomic E-state index is 0.0562. The van der Waals surface area contributed by atoms with Crippen molar-refractivity contribution in [1.29, 1.82) is 0 Å². The number of likely N-dealkylation sites (tertiary alicyclic amines) is 1. The summed E-state index contributed by atoms with van der Waals surface area (Å²) < 4.78 is 0. The average Bonchev–Trinajstić information content (AvgIpc) is 2.33. The van der Waals surface area contributed by atoms with Crippen molar-refractivity contribution in [2.24, 2.45) is 5.73 Å². The maximum Gasteiger partial charge on any atom is 0.254 e. The van der Waals surface area contributed by atoms with Gasteiger partial charge in [-0.05, 0) is 45.7 Å². The predicted octanol–water partition coefficient (Wildman–Crippen LogP) is 2.34. The number of aryl methyl sites for hydroxylation is 1. The van der Waals surface area contributed by atoms with Gasteiger partial charge in [0.1, 0.15) is 0 Å². The molecule has 1 atom stereocenters. The zero-order valence-corrected chi connectivity index (χ0v) is 11.4. The normalized spacial score (nSPS) is 22.9. The third-order valence-electron chi connectivity index (χ3n) is 4.04. The van der Waals surface area contributed by atoms with Crippen LogP contribution in [0.2, 0.25) is 0 Å². The number of carbonyl (C=O) groups excluding carboxylic acids is 1. The van der Waals surface area contributed by atoms with Crippen molar-refractivity contribution in [3.63, 3.8) is 0 Å². The number of carbonyl (C=O) groups is 1. The first-order valence-corrected chi connectivity index (χ1v) is 6.57. The summed E-state index contributed by atoms with van der Waals surface area (Å²) in [6, 6.07) is 7.80. The van der Waals surface area contributed by atoms with Crippen LogP contribution >= 0.6 is 0 Å². The maximum absolute atomic E-state index is 12.5. The molecule has 0 aromatic heterocycles. The topological polar surface area (TPSA) is 46.3 Å². The smallest absolute Gasteiger partial charge is 0.254 e. The summed E-state index contributed by atoms with van der Waals surface area (Å²) in [5.74, 6) is 0.0927. The first-order valence-electron chi connectivity index (χ1n) is 6.57. The fraction of sp³-hybridized carbons (Fsp3) is 0.533. The van der Waals surface area contributed by atoms with E-state index in [1.807, 2.05) is 36.1 Å². The standard InChI is InChI=1S/C15H22N2O/c1-11-6-8-12(9-7-11)14(18)17-10-4-5-13(16)15(17,2)3/h6-9,13H,4-5,10,16H2,1-3H3. The largest absolute Gasteiger partial charge is 0.332 e. The molecule has 1 aromatic carbocycles. The molecular formula is C15H22N2O. The van der Waals surface area contributed by atoms with Crippen molar-refractivity contribution in [3.05, 3.63) is 35.4 Å². The van der Waals surface area contributed by atoms with E-state index < -0.39 is 0 Å². The van der Waals surface area contributed by atoms with Gasteiger partial charge in [0.15, 0.2) is 0 Å². The summed E-state index contributed by atoms with van der Waals surface area (Å²) in [6.45, 7) is 6.94. The number of nitrogens with zero attached hydrogens (tertiary/aromatic N) is 1. The van der Waals surface area contributed by atoms with Crippen molar-refractivity contribution < 1.29 is 4.79 Å². The quantitative estimate of drug-likeness (QED) is 0.826. The van der Waals surface area contributed by atoms with E-state index in [9.17, 15) is 4.79 Å². The van der Waals surface area contributed by atoms with Gasteiger partial charge < -0.3 is 10.6 Å². The molecule has 2 N–H and O–H groups in total. The summed E-state index contributed by atoms with van der Waals surface area (Å²) >= 11 is 0. The molecule has 2 rings (SSSR count). The van der Waals surface area contributed by atoms with Crippen molar-refractivity contribution in [3.8, 4) is 0 Å². The Bertz CT molecular complexity index is 436. The second-order valence-corrected chi connectivity index (χ2v) is 5.73. The monoisotopic (exact) mass is 246 g/mol. The summed E-state index contributed by atoms with van der Waals surface area (Å²) in [5.41, 5.74) is 7.81. The first-order chi connectivity index (χ1) is 8.43. The first kappa shape index (κ1) is 13.1. The van der Waals surface area contributed by atoms with Crippen molar-refractivity contribution >= 4 is 5.91 Å². The minimum Gasteiger partial charge on any atom is -0.332 e. The Hall–Kier alpha value is -1.35. The molecule has 0 saturated carbocycles. The van der Waals surface area contributed by atoms with Crippen LogP contribution in [0.5, 0.6) is 0 Å². The van der Waals surface area contributed by atoms with E-state index in [1.165, 1.54) is 5.56 Å². The lowest BCUT2D eigenvalue weighted by atomic mass is 9.85. The molecule has 1 aromatic rings. The molecule has 0 aliphatic carbocycles. The Morgan fingerprint density at radius 1 is 1.33 bits per heavy atom. The second kappa shape index (κ2) is 4.73. The van der Waals surface area contributed by atoms with Crippen molar-refractivity contribution in [2.45, 2.75) is 45.2 Å². The molecule has 1 fully saturated rings. The third kappa shape index (κ3) is 2.27. The molecule has 1 aliphatic heterocycles. The molecule has 1 heterocycles. The number of piperidine rings is 1. The lowest BCUT2D eigenvalue weighted by Gasteiger charge is -2.46. The Kier molecular flexibility index (Phi) is 3.44. The van der Waals surface area contributed by atoms with E-state index >= 15 is 0 Å². The van der Waals surface area contributed by atoms with E-state index in [0.717, 1.165) is 24.9 Å². The molecule has 1 amide bonds. The molecule has 98 valence electrons. The number of rotatable bonds is 1. The molecule has 18 heavy (non-hydrogen) atoms. The fourth-order valence-corrected chi connectivity index (χ4v) is 2.53. The molecule has 0 spiro atoms. The van der Waals surface area contributed by atoms with Gasteiger partial charge in [0.05, 0.1) is 5.54 Å². The lowest BCUT2D eigenvalue weighted by Crippen LogP contribution is -2.61. The van der Waals surface area contributed by atoms with Crippen LogP contribution in [0.15, 0.2) is 24.3 Å². The molecule has 1 saturated heterocycles. The predicted molar refractivity (Wildman–Crippen MR) is 73.5 cm³/mol. The van der Waals surface area contributed by atoms with E-state index in [2.05, 4.69) is 13.8 Å². The van der Waals surface area contributed by atoms with Crippen LogP contribution in [0.1, 0.15) is 42.6 Å². The highest BCUT2D eigenvalue weighted by Crippen LogP contribution is 2.28. The van der Waals surface area contributed by atoms with Gasteiger partial charge in [-0.2, -0.15) is 0 Å². The highest BCUT2D eigenvalue weighted by atomic mass is 16.2. The maximum atomic E-state index is 12.5. The van der Waals surface area contributed by atoms with Crippen LogP contribution in [0.4, 0.5) is 0 Å². The molecule has 3 nitrogen and oxygen atoms in total. The van der Waals surface area contributed by atoms with Crippen LogP contribution < -0.4 is 5.73 Å². The van der Waals surface area contributed by atoms with Gasteiger partial charge in [0.25, 0.3) is 5.91 Å². The number of amides is 1. The molecule has 1 unspecified atom stereocenters. The Morgan fingerprint density at radius 3 is 2.56 bits per heavy atom. The Morgan fingerprint density at radius 2 is 1.94 bits per heavy atom. The zero-order chi connectivity index (χ0) is 13.3. The van der Waals surface area contributed by atoms with Crippen LogP contribution in [-0.2, 0) is 0 Å². The van der Waals surface area contributed by atoms with Gasteiger partial charge in [0, 0.05) is 18.2 Å². The highest BCUT2D eigenvalue weighted by Gasteiger charge is 2.39. The summed E-state index contributed by atoms with van der Waals surface area (Å²) in [7, 11) is 0. The number of nitrogens with two attached hydrogens (primary N) is 1. The number of benzene rings is 1. The van der Waals surface area contributed by atoms with Crippen molar-refractivity contribution in [2.75, 3.05) is 6.54 Å². The van der Waals surface area contributed by atoms with E-state index in [1.54, 1.807) is 0 Å². The van der Waals surface area contributed by atoms with Crippen molar-refractivity contribution in [1.82, 2.24) is 4.90 Å². The van der Waals surface area contributed by atoms with Crippen LogP contribution in [0.3, 0.4) is 0 Å².